The molecule has 98 valence electrons. The van der Waals surface area contributed by atoms with Crippen LogP contribution in [-0.2, 0) is 16.1 Å². The van der Waals surface area contributed by atoms with Crippen molar-refractivity contribution in [1.82, 2.24) is 15.3 Å². The van der Waals surface area contributed by atoms with E-state index in [2.05, 4.69) is 15.3 Å². The number of nitrogens with zero attached hydrogens (tertiary/aromatic N) is 2. The summed E-state index contributed by atoms with van der Waals surface area (Å²) in [6.45, 7) is 2.80. The van der Waals surface area contributed by atoms with Crippen molar-refractivity contribution in [2.24, 2.45) is 0 Å². The maximum absolute atomic E-state index is 11.8. The van der Waals surface area contributed by atoms with Crippen LogP contribution in [0.4, 0.5) is 0 Å². The summed E-state index contributed by atoms with van der Waals surface area (Å²) in [6, 6.07) is 0. The summed E-state index contributed by atoms with van der Waals surface area (Å²) >= 11 is 0. The van der Waals surface area contributed by atoms with Crippen molar-refractivity contribution in [2.75, 3.05) is 13.7 Å². The third-order valence-corrected chi connectivity index (χ3v) is 2.78. The lowest BCUT2D eigenvalue weighted by molar-refractivity contribution is -0.130. The number of hydrogen-bond donors (Lipinski definition) is 1. The Morgan fingerprint density at radius 1 is 1.67 bits per heavy atom. The molecule has 1 aromatic rings. The summed E-state index contributed by atoms with van der Waals surface area (Å²) < 4.78 is 10.4. The molecular weight excluding hydrogens is 234 g/mol. The Morgan fingerprint density at radius 3 is 3.17 bits per heavy atom. The molecule has 1 N–H and O–H groups in total. The van der Waals surface area contributed by atoms with Crippen LogP contribution in [0, 0.1) is 6.92 Å². The van der Waals surface area contributed by atoms with E-state index in [9.17, 15) is 4.79 Å². The third kappa shape index (κ3) is 2.95. The van der Waals surface area contributed by atoms with Gasteiger partial charge >= 0.3 is 0 Å². The van der Waals surface area contributed by atoms with Gasteiger partial charge in [-0.25, -0.2) is 4.98 Å². The second kappa shape index (κ2) is 5.77. The van der Waals surface area contributed by atoms with E-state index >= 15 is 0 Å². The number of nitrogens with one attached hydrogen (secondary N) is 1. The quantitative estimate of drug-likeness (QED) is 0.847. The van der Waals surface area contributed by atoms with Gasteiger partial charge in [-0.15, -0.1) is 0 Å². The molecular formula is C12H17N3O3. The minimum absolute atomic E-state index is 0.100. The van der Waals surface area contributed by atoms with Crippen LogP contribution in [0.1, 0.15) is 24.2 Å². The number of ether oxygens (including phenoxy) is 2. The second-order valence-electron chi connectivity index (χ2n) is 4.19. The van der Waals surface area contributed by atoms with Gasteiger partial charge in [0, 0.05) is 12.8 Å². The van der Waals surface area contributed by atoms with E-state index in [4.69, 9.17) is 9.47 Å². The lowest BCUT2D eigenvalue weighted by Gasteiger charge is -2.11. The van der Waals surface area contributed by atoms with E-state index in [-0.39, 0.29) is 12.0 Å². The molecule has 1 aliphatic rings. The molecule has 6 heteroatoms. The molecule has 2 heterocycles. The first-order chi connectivity index (χ1) is 8.70. The van der Waals surface area contributed by atoms with Crippen LogP contribution in [0.5, 0.6) is 5.88 Å². The summed E-state index contributed by atoms with van der Waals surface area (Å²) in [4.78, 5) is 20.2. The molecule has 6 nitrogen and oxygen atoms in total. The van der Waals surface area contributed by atoms with Crippen molar-refractivity contribution in [3.05, 3.63) is 17.6 Å². The minimum atomic E-state index is -0.325. The Hall–Kier alpha value is -1.69. The molecule has 1 fully saturated rings. The highest BCUT2D eigenvalue weighted by atomic mass is 16.5. The number of methoxy groups -OCH3 is 1. The first-order valence-electron chi connectivity index (χ1n) is 5.96. The minimum Gasteiger partial charge on any atom is -0.480 e. The van der Waals surface area contributed by atoms with E-state index in [1.165, 1.54) is 7.11 Å². The predicted octanol–water partition coefficient (Wildman–Crippen LogP) is 0.589. The van der Waals surface area contributed by atoms with E-state index in [0.717, 1.165) is 18.5 Å². The molecule has 0 bridgehead atoms. The standard InChI is InChI=1S/C12H17N3O3/c1-8-6-13-9(12(15-8)17-2)7-14-11(16)10-4-3-5-18-10/h6,10H,3-5,7H2,1-2H3,(H,14,16). The van der Waals surface area contributed by atoms with Gasteiger partial charge in [0.15, 0.2) is 0 Å². The largest absolute Gasteiger partial charge is 0.480 e. The highest BCUT2D eigenvalue weighted by Gasteiger charge is 2.23. The fraction of sp³-hybridized carbons (Fsp3) is 0.583. The van der Waals surface area contributed by atoms with Crippen LogP contribution < -0.4 is 10.1 Å². The summed E-state index contributed by atoms with van der Waals surface area (Å²) in [6.07, 6.45) is 3.04. The third-order valence-electron chi connectivity index (χ3n) is 2.78. The van der Waals surface area contributed by atoms with Gasteiger partial charge in [-0.2, -0.15) is 0 Å². The zero-order valence-corrected chi connectivity index (χ0v) is 10.6. The summed E-state index contributed by atoms with van der Waals surface area (Å²) in [5.74, 6) is 0.347. The van der Waals surface area contributed by atoms with Gasteiger partial charge in [0.1, 0.15) is 11.8 Å². The van der Waals surface area contributed by atoms with Crippen molar-refractivity contribution in [2.45, 2.75) is 32.4 Å². The maximum Gasteiger partial charge on any atom is 0.249 e. The van der Waals surface area contributed by atoms with E-state index in [0.29, 0.717) is 24.7 Å². The predicted molar refractivity (Wildman–Crippen MR) is 64.1 cm³/mol. The molecule has 1 amide bonds. The van der Waals surface area contributed by atoms with Crippen molar-refractivity contribution in [3.63, 3.8) is 0 Å². The fourth-order valence-electron chi connectivity index (χ4n) is 1.83. The lowest BCUT2D eigenvalue weighted by atomic mass is 10.2. The van der Waals surface area contributed by atoms with Gasteiger partial charge in [0.2, 0.25) is 11.8 Å². The normalized spacial score (nSPS) is 18.7. The van der Waals surface area contributed by atoms with Crippen LogP contribution in [0.15, 0.2) is 6.20 Å². The topological polar surface area (TPSA) is 73.3 Å². The molecule has 0 aliphatic carbocycles. The molecule has 1 aromatic heterocycles. The molecule has 0 saturated carbocycles. The smallest absolute Gasteiger partial charge is 0.249 e. The van der Waals surface area contributed by atoms with Gasteiger partial charge in [0.25, 0.3) is 0 Å². The fourth-order valence-corrected chi connectivity index (χ4v) is 1.83. The van der Waals surface area contributed by atoms with Gasteiger partial charge in [-0.1, -0.05) is 0 Å². The van der Waals surface area contributed by atoms with Crippen LogP contribution in [0.25, 0.3) is 0 Å². The van der Waals surface area contributed by atoms with Gasteiger partial charge < -0.3 is 14.8 Å². The van der Waals surface area contributed by atoms with Gasteiger partial charge in [0.05, 0.1) is 19.3 Å². The van der Waals surface area contributed by atoms with E-state index in [1.807, 2.05) is 6.92 Å². The first kappa shape index (κ1) is 12.8. The first-order valence-corrected chi connectivity index (χ1v) is 5.96. The molecule has 2 rings (SSSR count). The lowest BCUT2D eigenvalue weighted by Crippen LogP contribution is -2.34. The Labute approximate surface area is 106 Å². The monoisotopic (exact) mass is 251 g/mol. The highest BCUT2D eigenvalue weighted by Crippen LogP contribution is 2.14. The number of carbonyl (C=O) groups is 1. The van der Waals surface area contributed by atoms with Crippen LogP contribution in [0.2, 0.25) is 0 Å². The Kier molecular flexibility index (Phi) is 4.09. The average molecular weight is 251 g/mol. The maximum atomic E-state index is 11.8. The molecule has 1 unspecified atom stereocenters. The SMILES string of the molecule is COc1nc(C)cnc1CNC(=O)C1CCCO1. The molecule has 0 aromatic carbocycles. The summed E-state index contributed by atoms with van der Waals surface area (Å²) in [5, 5.41) is 2.79. The molecule has 0 spiro atoms. The van der Waals surface area contributed by atoms with E-state index < -0.39 is 0 Å². The highest BCUT2D eigenvalue weighted by molar-refractivity contribution is 5.80. The number of aryl methyl sites for hydroxylation is 1. The molecule has 1 atom stereocenters. The summed E-state index contributed by atoms with van der Waals surface area (Å²) in [7, 11) is 1.54. The molecule has 0 radical (unpaired) electrons. The summed E-state index contributed by atoms with van der Waals surface area (Å²) in [5.41, 5.74) is 1.40. The average Bonchev–Trinajstić information content (AvgIpc) is 2.90. The van der Waals surface area contributed by atoms with Gasteiger partial charge in [-0.3, -0.25) is 9.78 Å². The van der Waals surface area contributed by atoms with Gasteiger partial charge in [-0.05, 0) is 19.8 Å². The number of aromatic nitrogens is 2. The number of carbonyl (C=O) groups excluding carboxylic acids is 1. The van der Waals surface area contributed by atoms with Crippen LogP contribution in [0.3, 0.4) is 0 Å². The molecule has 1 aliphatic heterocycles. The number of hydrogen-bond acceptors (Lipinski definition) is 5. The Balaban J connectivity index is 1.95. The molecule has 18 heavy (non-hydrogen) atoms. The second-order valence-corrected chi connectivity index (χ2v) is 4.19. The number of amides is 1. The zero-order chi connectivity index (χ0) is 13.0. The van der Waals surface area contributed by atoms with Crippen molar-refractivity contribution in [1.29, 1.82) is 0 Å². The Morgan fingerprint density at radius 2 is 2.50 bits per heavy atom. The van der Waals surface area contributed by atoms with Crippen molar-refractivity contribution < 1.29 is 14.3 Å². The van der Waals surface area contributed by atoms with Crippen molar-refractivity contribution in [3.8, 4) is 5.88 Å². The van der Waals surface area contributed by atoms with Crippen molar-refractivity contribution >= 4 is 5.91 Å². The van der Waals surface area contributed by atoms with Crippen LogP contribution in [-0.4, -0.2) is 35.7 Å². The van der Waals surface area contributed by atoms with E-state index in [1.54, 1.807) is 6.20 Å². The van der Waals surface area contributed by atoms with Crippen LogP contribution >= 0.6 is 0 Å². The molecule has 1 saturated heterocycles. The zero-order valence-electron chi connectivity index (χ0n) is 10.6. The Bertz CT molecular complexity index is 431. The number of rotatable bonds is 4.